The monoisotopic (exact) mass is 275 g/mol. The van der Waals surface area contributed by atoms with E-state index in [1.807, 2.05) is 0 Å². The average molecular weight is 275 g/mol. The van der Waals surface area contributed by atoms with Crippen LogP contribution < -0.4 is 0 Å². The van der Waals surface area contributed by atoms with Crippen LogP contribution in [0, 0.1) is 0 Å². The first kappa shape index (κ1) is 13.5. The molecular weight excluding hydrogens is 254 g/mol. The van der Waals surface area contributed by atoms with E-state index in [2.05, 4.69) is 23.1 Å². The van der Waals surface area contributed by atoms with E-state index in [-0.39, 0.29) is 12.1 Å². The molecule has 0 spiro atoms. The van der Waals surface area contributed by atoms with Gasteiger partial charge in [-0.05, 0) is 37.8 Å². The largest absolute Gasteiger partial charge is 0.466 e. The van der Waals surface area contributed by atoms with Crippen molar-refractivity contribution in [3.63, 3.8) is 0 Å². The van der Waals surface area contributed by atoms with Gasteiger partial charge in [0.25, 0.3) is 0 Å². The number of likely N-dealkylation sites (tertiary alicyclic amines) is 1. The summed E-state index contributed by atoms with van der Waals surface area (Å²) in [6.45, 7) is 1.67. The molecule has 4 heteroatoms. The van der Waals surface area contributed by atoms with Gasteiger partial charge in [0, 0.05) is 6.54 Å². The Balaban J connectivity index is 1.84. The van der Waals surface area contributed by atoms with E-state index in [9.17, 15) is 5.11 Å². The summed E-state index contributed by atoms with van der Waals surface area (Å²) in [5.41, 5.74) is 1.33. The van der Waals surface area contributed by atoms with Crippen molar-refractivity contribution in [3.05, 3.63) is 48.3 Å². The van der Waals surface area contributed by atoms with E-state index in [0.717, 1.165) is 38.0 Å². The van der Waals surface area contributed by atoms with E-state index in [4.69, 9.17) is 9.47 Å². The molecule has 0 amide bonds. The van der Waals surface area contributed by atoms with Crippen molar-refractivity contribution in [2.75, 3.05) is 13.1 Å². The third kappa shape index (κ3) is 2.97. The Kier molecular flexibility index (Phi) is 4.23. The number of aliphatic hydroxyl groups excluding tert-OH is 1. The minimum Gasteiger partial charge on any atom is -0.466 e. The number of hydrogen-bond acceptors (Lipinski definition) is 4. The van der Waals surface area contributed by atoms with Crippen LogP contribution in [0.1, 0.15) is 25.7 Å². The average Bonchev–Trinajstić information content (AvgIpc) is 2.50. The highest BCUT2D eigenvalue weighted by Crippen LogP contribution is 2.29. The molecule has 2 heterocycles. The van der Waals surface area contributed by atoms with Gasteiger partial charge in [0.2, 0.25) is 0 Å². The number of hydrogen-bond donors (Lipinski definition) is 1. The Morgan fingerprint density at radius 3 is 3.00 bits per heavy atom. The summed E-state index contributed by atoms with van der Waals surface area (Å²) in [7, 11) is 0. The number of ether oxygens (including phenoxy) is 2. The molecule has 0 saturated carbocycles. The molecule has 3 aliphatic rings. The van der Waals surface area contributed by atoms with Crippen LogP contribution in [-0.4, -0.2) is 35.2 Å². The van der Waals surface area contributed by atoms with Crippen LogP contribution in [0.5, 0.6) is 0 Å². The molecule has 2 unspecified atom stereocenters. The molecule has 1 saturated heterocycles. The Labute approximate surface area is 119 Å². The Hall–Kier alpha value is -1.52. The summed E-state index contributed by atoms with van der Waals surface area (Å²) in [6, 6.07) is 0.0693. The molecule has 2 aliphatic heterocycles. The zero-order chi connectivity index (χ0) is 13.8. The lowest BCUT2D eigenvalue weighted by Gasteiger charge is -2.38. The lowest BCUT2D eigenvalue weighted by Crippen LogP contribution is -2.46. The van der Waals surface area contributed by atoms with Gasteiger partial charge in [0.1, 0.15) is 18.8 Å². The van der Waals surface area contributed by atoms with Gasteiger partial charge in [0.05, 0.1) is 12.1 Å². The second-order valence-electron chi connectivity index (χ2n) is 5.45. The summed E-state index contributed by atoms with van der Waals surface area (Å²) in [4.78, 5) is 2.30. The number of β-amino-alcohol motifs (C(OH)–C–C–N with tert-alkyl or cyclic N) is 1. The van der Waals surface area contributed by atoms with Crippen LogP contribution in [0.4, 0.5) is 0 Å². The minimum atomic E-state index is -0.244. The molecule has 0 aromatic carbocycles. The Bertz CT molecular complexity index is 464. The third-order valence-corrected chi connectivity index (χ3v) is 3.98. The van der Waals surface area contributed by atoms with Crippen LogP contribution in [-0.2, 0) is 9.47 Å². The standard InChI is InChI=1S/C16H21NO3/c18-14-7-4-8-17(11-14)16(13-5-2-1-3-6-13)15-12-19-9-10-20-15/h1-2,5,9-10,12,14,16,18H,3-4,6-8,11H2. The highest BCUT2D eigenvalue weighted by Gasteiger charge is 2.31. The van der Waals surface area contributed by atoms with E-state index in [0.29, 0.717) is 6.54 Å². The Morgan fingerprint density at radius 1 is 1.35 bits per heavy atom. The molecule has 0 aromatic heterocycles. The molecule has 1 N–H and O–H groups in total. The van der Waals surface area contributed by atoms with Gasteiger partial charge in [0.15, 0.2) is 5.76 Å². The summed E-state index contributed by atoms with van der Waals surface area (Å²) < 4.78 is 10.9. The van der Waals surface area contributed by atoms with E-state index in [1.54, 1.807) is 12.5 Å². The fourth-order valence-electron chi connectivity index (χ4n) is 3.07. The number of nitrogens with zero attached hydrogens (tertiary/aromatic N) is 1. The lowest BCUT2D eigenvalue weighted by atomic mass is 9.93. The first-order valence-corrected chi connectivity index (χ1v) is 7.29. The maximum absolute atomic E-state index is 9.94. The molecule has 4 nitrogen and oxygen atoms in total. The zero-order valence-corrected chi connectivity index (χ0v) is 11.6. The van der Waals surface area contributed by atoms with Crippen LogP contribution in [0.15, 0.2) is 48.3 Å². The molecule has 1 fully saturated rings. The first-order valence-electron chi connectivity index (χ1n) is 7.29. The highest BCUT2D eigenvalue weighted by atomic mass is 16.5. The van der Waals surface area contributed by atoms with Crippen molar-refractivity contribution in [1.29, 1.82) is 0 Å². The number of piperidine rings is 1. The summed E-state index contributed by atoms with van der Waals surface area (Å²) in [6.07, 6.45) is 15.0. The van der Waals surface area contributed by atoms with Crippen molar-refractivity contribution >= 4 is 0 Å². The highest BCUT2D eigenvalue weighted by molar-refractivity contribution is 5.30. The number of rotatable bonds is 3. The molecule has 0 aromatic rings. The predicted molar refractivity (Wildman–Crippen MR) is 76.5 cm³/mol. The van der Waals surface area contributed by atoms with Crippen LogP contribution >= 0.6 is 0 Å². The van der Waals surface area contributed by atoms with Gasteiger partial charge in [-0.25, -0.2) is 0 Å². The van der Waals surface area contributed by atoms with Crippen LogP contribution in [0.3, 0.4) is 0 Å². The van der Waals surface area contributed by atoms with Crippen LogP contribution in [0.2, 0.25) is 0 Å². The smallest absolute Gasteiger partial charge is 0.160 e. The maximum atomic E-state index is 9.94. The number of aliphatic hydroxyl groups is 1. The molecule has 20 heavy (non-hydrogen) atoms. The van der Waals surface area contributed by atoms with Gasteiger partial charge in [-0.3, -0.25) is 4.90 Å². The second kappa shape index (κ2) is 6.29. The van der Waals surface area contributed by atoms with Gasteiger partial charge in [-0.2, -0.15) is 0 Å². The van der Waals surface area contributed by atoms with Crippen molar-refractivity contribution in [2.45, 2.75) is 37.8 Å². The third-order valence-electron chi connectivity index (χ3n) is 3.98. The molecule has 1 aliphatic carbocycles. The van der Waals surface area contributed by atoms with Crippen molar-refractivity contribution in [2.24, 2.45) is 0 Å². The normalized spacial score (nSPS) is 28.1. The first-order chi connectivity index (χ1) is 9.84. The molecule has 0 bridgehead atoms. The maximum Gasteiger partial charge on any atom is 0.160 e. The summed E-state index contributed by atoms with van der Waals surface area (Å²) >= 11 is 0. The molecular formula is C16H21NO3. The van der Waals surface area contributed by atoms with Crippen molar-refractivity contribution in [3.8, 4) is 0 Å². The van der Waals surface area contributed by atoms with E-state index in [1.165, 1.54) is 11.8 Å². The molecule has 0 radical (unpaired) electrons. The number of allylic oxidation sites excluding steroid dienone is 3. The molecule has 2 atom stereocenters. The van der Waals surface area contributed by atoms with Crippen molar-refractivity contribution < 1.29 is 14.6 Å². The fourth-order valence-corrected chi connectivity index (χ4v) is 3.07. The molecule has 108 valence electrons. The summed E-state index contributed by atoms with van der Waals surface area (Å²) in [5.74, 6) is 0.808. The SMILES string of the molecule is OC1CCCN(C(C2=CC=CCC2)C2=COC=CO2)C1. The van der Waals surface area contributed by atoms with E-state index >= 15 is 0 Å². The lowest BCUT2D eigenvalue weighted by molar-refractivity contribution is 0.0482. The predicted octanol–water partition coefficient (Wildman–Crippen LogP) is 2.45. The van der Waals surface area contributed by atoms with Crippen LogP contribution in [0.25, 0.3) is 0 Å². The zero-order valence-electron chi connectivity index (χ0n) is 11.6. The second-order valence-corrected chi connectivity index (χ2v) is 5.45. The van der Waals surface area contributed by atoms with Crippen molar-refractivity contribution in [1.82, 2.24) is 4.90 Å². The quantitative estimate of drug-likeness (QED) is 0.859. The van der Waals surface area contributed by atoms with Gasteiger partial charge in [-0.15, -0.1) is 0 Å². The van der Waals surface area contributed by atoms with Gasteiger partial charge in [-0.1, -0.05) is 18.2 Å². The van der Waals surface area contributed by atoms with E-state index < -0.39 is 0 Å². The van der Waals surface area contributed by atoms with Gasteiger partial charge >= 0.3 is 0 Å². The topological polar surface area (TPSA) is 41.9 Å². The summed E-state index contributed by atoms with van der Waals surface area (Å²) in [5, 5.41) is 9.94. The Morgan fingerprint density at radius 2 is 2.30 bits per heavy atom. The van der Waals surface area contributed by atoms with Gasteiger partial charge < -0.3 is 14.6 Å². The molecule has 3 rings (SSSR count). The minimum absolute atomic E-state index is 0.0693. The fraction of sp³-hybridized carbons (Fsp3) is 0.500.